The number of benzene rings is 1. The molecule has 0 bridgehead atoms. The third-order valence-corrected chi connectivity index (χ3v) is 2.21. The highest BCUT2D eigenvalue weighted by Crippen LogP contribution is 2.19. The molecule has 0 heterocycles. The van der Waals surface area contributed by atoms with Crippen molar-refractivity contribution in [3.63, 3.8) is 0 Å². The molecule has 1 aliphatic carbocycles. The number of amides is 2. The third-order valence-electron chi connectivity index (χ3n) is 2.21. The second-order valence-corrected chi connectivity index (χ2v) is 3.89. The van der Waals surface area contributed by atoms with Crippen molar-refractivity contribution in [2.45, 2.75) is 25.8 Å². The zero-order valence-corrected chi connectivity index (χ0v) is 8.51. The quantitative estimate of drug-likeness (QED) is 0.770. The molecule has 3 nitrogen and oxygen atoms in total. The normalized spacial score (nSPS) is 14.8. The van der Waals surface area contributed by atoms with Gasteiger partial charge >= 0.3 is 6.03 Å². The van der Waals surface area contributed by atoms with Crippen LogP contribution in [-0.2, 0) is 0 Å². The summed E-state index contributed by atoms with van der Waals surface area (Å²) in [7, 11) is 0. The van der Waals surface area contributed by atoms with Crippen LogP contribution >= 0.6 is 0 Å². The summed E-state index contributed by atoms with van der Waals surface area (Å²) >= 11 is 0. The van der Waals surface area contributed by atoms with Crippen LogP contribution in [-0.4, -0.2) is 12.1 Å². The minimum Gasteiger partial charge on any atom is -0.335 e. The topological polar surface area (TPSA) is 41.1 Å². The van der Waals surface area contributed by atoms with Crippen molar-refractivity contribution in [2.24, 2.45) is 0 Å². The van der Waals surface area contributed by atoms with Crippen molar-refractivity contribution in [1.82, 2.24) is 5.32 Å². The van der Waals surface area contributed by atoms with Gasteiger partial charge < -0.3 is 10.6 Å². The molecule has 4 heteroatoms. The van der Waals surface area contributed by atoms with Gasteiger partial charge in [0, 0.05) is 11.7 Å². The van der Waals surface area contributed by atoms with E-state index >= 15 is 0 Å². The molecule has 0 saturated heterocycles. The Kier molecular flexibility index (Phi) is 2.58. The Balaban J connectivity index is 1.99. The van der Waals surface area contributed by atoms with Gasteiger partial charge in [-0.25, -0.2) is 9.18 Å². The Morgan fingerprint density at radius 3 is 2.73 bits per heavy atom. The number of carbonyl (C=O) groups is 1. The zero-order valence-electron chi connectivity index (χ0n) is 8.51. The van der Waals surface area contributed by atoms with Crippen LogP contribution in [0.25, 0.3) is 0 Å². The highest BCUT2D eigenvalue weighted by molar-refractivity contribution is 5.89. The molecule has 2 rings (SSSR count). The first-order valence-corrected chi connectivity index (χ1v) is 4.98. The van der Waals surface area contributed by atoms with Crippen LogP contribution in [0.15, 0.2) is 18.2 Å². The van der Waals surface area contributed by atoms with Gasteiger partial charge in [0.05, 0.1) is 0 Å². The lowest BCUT2D eigenvalue weighted by atomic mass is 10.2. The van der Waals surface area contributed by atoms with Crippen LogP contribution in [0.5, 0.6) is 0 Å². The van der Waals surface area contributed by atoms with Gasteiger partial charge in [0.15, 0.2) is 0 Å². The van der Waals surface area contributed by atoms with Crippen LogP contribution < -0.4 is 10.6 Å². The lowest BCUT2D eigenvalue weighted by molar-refractivity contribution is 0.251. The van der Waals surface area contributed by atoms with Crippen molar-refractivity contribution in [3.05, 3.63) is 29.6 Å². The number of nitrogens with one attached hydrogen (secondary N) is 2. The molecule has 2 N–H and O–H groups in total. The van der Waals surface area contributed by atoms with Gasteiger partial charge in [0.25, 0.3) is 0 Å². The molecule has 15 heavy (non-hydrogen) atoms. The van der Waals surface area contributed by atoms with Gasteiger partial charge in [0.2, 0.25) is 0 Å². The molecule has 1 aromatic carbocycles. The average molecular weight is 208 g/mol. The van der Waals surface area contributed by atoms with Crippen molar-refractivity contribution >= 4 is 11.7 Å². The van der Waals surface area contributed by atoms with E-state index in [0.29, 0.717) is 11.7 Å². The standard InChI is InChI=1S/C11H13FN2O/c1-7-4-8(12)6-10(5-7)14-11(15)13-9-2-3-9/h4-6,9H,2-3H2,1H3,(H2,13,14,15). The minimum absolute atomic E-state index is 0.262. The highest BCUT2D eigenvalue weighted by Gasteiger charge is 2.23. The number of urea groups is 1. The molecule has 1 aliphatic rings. The molecule has 1 aromatic rings. The monoisotopic (exact) mass is 208 g/mol. The van der Waals surface area contributed by atoms with Crippen LogP contribution in [0, 0.1) is 12.7 Å². The Morgan fingerprint density at radius 1 is 1.40 bits per heavy atom. The molecule has 0 unspecified atom stereocenters. The van der Waals surface area contributed by atoms with E-state index in [2.05, 4.69) is 10.6 Å². The maximum atomic E-state index is 13.0. The fraction of sp³-hybridized carbons (Fsp3) is 0.364. The van der Waals surface area contributed by atoms with Crippen LogP contribution in [0.3, 0.4) is 0 Å². The summed E-state index contributed by atoms with van der Waals surface area (Å²) in [5, 5.41) is 5.37. The molecule has 1 fully saturated rings. The average Bonchev–Trinajstić information content (AvgIpc) is 2.85. The Hall–Kier alpha value is -1.58. The smallest absolute Gasteiger partial charge is 0.319 e. The third kappa shape index (κ3) is 2.94. The fourth-order valence-electron chi connectivity index (χ4n) is 1.39. The van der Waals surface area contributed by atoms with E-state index in [9.17, 15) is 9.18 Å². The molecule has 2 amide bonds. The number of hydrogen-bond acceptors (Lipinski definition) is 1. The van der Waals surface area contributed by atoms with Crippen molar-refractivity contribution in [1.29, 1.82) is 0 Å². The molecule has 80 valence electrons. The van der Waals surface area contributed by atoms with Crippen LogP contribution in [0.2, 0.25) is 0 Å². The van der Waals surface area contributed by atoms with Gasteiger partial charge in [-0.05, 0) is 43.5 Å². The number of halogens is 1. The predicted molar refractivity (Wildman–Crippen MR) is 56.3 cm³/mol. The zero-order chi connectivity index (χ0) is 10.8. The molecule has 0 atom stereocenters. The number of carbonyl (C=O) groups excluding carboxylic acids is 1. The van der Waals surface area contributed by atoms with E-state index < -0.39 is 0 Å². The summed E-state index contributed by atoms with van der Waals surface area (Å²) in [4.78, 5) is 11.3. The predicted octanol–water partition coefficient (Wildman–Crippen LogP) is 2.42. The van der Waals surface area contributed by atoms with Gasteiger partial charge in [0.1, 0.15) is 5.82 Å². The van der Waals surface area contributed by atoms with Crippen LogP contribution in [0.4, 0.5) is 14.9 Å². The van der Waals surface area contributed by atoms with E-state index in [1.54, 1.807) is 13.0 Å². The summed E-state index contributed by atoms with van der Waals surface area (Å²) in [6.45, 7) is 1.78. The second-order valence-electron chi connectivity index (χ2n) is 3.89. The molecular formula is C11H13FN2O. The highest BCUT2D eigenvalue weighted by atomic mass is 19.1. The van der Waals surface area contributed by atoms with Crippen LogP contribution in [0.1, 0.15) is 18.4 Å². The summed E-state index contributed by atoms with van der Waals surface area (Å²) in [5.41, 5.74) is 1.28. The molecule has 0 spiro atoms. The number of aryl methyl sites for hydroxylation is 1. The lowest BCUT2D eigenvalue weighted by Gasteiger charge is -2.07. The van der Waals surface area contributed by atoms with Gasteiger partial charge in [-0.1, -0.05) is 0 Å². The minimum atomic E-state index is -0.336. The Morgan fingerprint density at radius 2 is 2.13 bits per heavy atom. The molecule has 0 aromatic heterocycles. The van der Waals surface area contributed by atoms with E-state index in [1.807, 2.05) is 0 Å². The van der Waals surface area contributed by atoms with Gasteiger partial charge in [-0.3, -0.25) is 0 Å². The largest absolute Gasteiger partial charge is 0.335 e. The van der Waals surface area contributed by atoms with E-state index in [0.717, 1.165) is 18.4 Å². The number of anilines is 1. The summed E-state index contributed by atoms with van der Waals surface area (Å²) in [5.74, 6) is -0.336. The maximum absolute atomic E-state index is 13.0. The number of hydrogen-bond donors (Lipinski definition) is 2. The van der Waals surface area contributed by atoms with E-state index in [-0.39, 0.29) is 11.8 Å². The summed E-state index contributed by atoms with van der Waals surface area (Å²) in [6, 6.07) is 4.50. The van der Waals surface area contributed by atoms with Gasteiger partial charge in [-0.15, -0.1) is 0 Å². The first-order chi connectivity index (χ1) is 7.13. The summed E-state index contributed by atoms with van der Waals surface area (Å²) < 4.78 is 13.0. The van der Waals surface area contributed by atoms with Crippen molar-refractivity contribution in [3.8, 4) is 0 Å². The fourth-order valence-corrected chi connectivity index (χ4v) is 1.39. The van der Waals surface area contributed by atoms with Crippen molar-refractivity contribution in [2.75, 3.05) is 5.32 Å². The van der Waals surface area contributed by atoms with E-state index in [4.69, 9.17) is 0 Å². The molecular weight excluding hydrogens is 195 g/mol. The Bertz CT molecular complexity index is 368. The van der Waals surface area contributed by atoms with Gasteiger partial charge in [-0.2, -0.15) is 0 Å². The molecule has 1 saturated carbocycles. The SMILES string of the molecule is Cc1cc(F)cc(NC(=O)NC2CC2)c1. The second kappa shape index (κ2) is 3.88. The van der Waals surface area contributed by atoms with Crippen molar-refractivity contribution < 1.29 is 9.18 Å². The molecule has 0 radical (unpaired) electrons. The molecule has 0 aliphatic heterocycles. The number of rotatable bonds is 2. The maximum Gasteiger partial charge on any atom is 0.319 e. The first kappa shape index (κ1) is 9.96. The van der Waals surface area contributed by atoms with E-state index in [1.165, 1.54) is 12.1 Å². The first-order valence-electron chi connectivity index (χ1n) is 4.98. The Labute approximate surface area is 87.7 Å². The lowest BCUT2D eigenvalue weighted by Crippen LogP contribution is -2.30. The summed E-state index contributed by atoms with van der Waals surface area (Å²) in [6.07, 6.45) is 2.07.